The molecule has 4 atom stereocenters. The molecule has 0 bridgehead atoms. The Morgan fingerprint density at radius 2 is 0.882 bits per heavy atom. The summed E-state index contributed by atoms with van der Waals surface area (Å²) in [6.45, 7) is 9.00. The number of hydrogen-bond acceptors (Lipinski definition) is 2. The van der Waals surface area contributed by atoms with Crippen LogP contribution in [-0.2, 0) is 9.47 Å². The Kier molecular flexibility index (Phi) is 10.1. The van der Waals surface area contributed by atoms with Crippen LogP contribution in [0.4, 0.5) is 8.78 Å². The Bertz CT molecular complexity index is 615. The Hall–Kier alpha value is -0.740. The standard InChI is InChI=1S/C30H48F2O2/c1-3-21-5-7-23(8-6-21)19-33-27-17-18-28(30(32)29(27)31)34-20-24-11-15-26(16-12-24)25-13-9-22(4-2)10-14-25/h3-4,21-30H,1-2,5-20H2. The van der Waals surface area contributed by atoms with E-state index in [2.05, 4.69) is 19.2 Å². The lowest BCUT2D eigenvalue weighted by Gasteiger charge is -2.39. The van der Waals surface area contributed by atoms with E-state index in [1.54, 1.807) is 0 Å². The third-order valence-corrected chi connectivity index (χ3v) is 9.77. The molecule has 0 N–H and O–H groups in total. The molecule has 4 aliphatic rings. The van der Waals surface area contributed by atoms with Crippen LogP contribution in [0, 0.1) is 35.5 Å². The predicted molar refractivity (Wildman–Crippen MR) is 135 cm³/mol. The van der Waals surface area contributed by atoms with E-state index in [0.29, 0.717) is 43.8 Å². The molecule has 0 radical (unpaired) electrons. The quantitative estimate of drug-likeness (QED) is 0.312. The van der Waals surface area contributed by atoms with Crippen LogP contribution < -0.4 is 0 Å². The first-order valence-corrected chi connectivity index (χ1v) is 14.3. The Labute approximate surface area is 206 Å². The van der Waals surface area contributed by atoms with Crippen molar-refractivity contribution in [2.45, 2.75) is 114 Å². The molecule has 0 saturated heterocycles. The summed E-state index contributed by atoms with van der Waals surface area (Å²) in [6, 6.07) is 0. The van der Waals surface area contributed by atoms with Crippen molar-refractivity contribution in [3.05, 3.63) is 25.3 Å². The molecule has 4 saturated carbocycles. The summed E-state index contributed by atoms with van der Waals surface area (Å²) in [6.07, 6.45) is 15.7. The Balaban J connectivity index is 1.12. The van der Waals surface area contributed by atoms with E-state index >= 15 is 0 Å². The van der Waals surface area contributed by atoms with Gasteiger partial charge in [-0.15, -0.1) is 13.2 Å². The van der Waals surface area contributed by atoms with Crippen molar-refractivity contribution in [3.8, 4) is 0 Å². The minimum atomic E-state index is -1.57. The minimum Gasteiger partial charge on any atom is -0.375 e. The highest BCUT2D eigenvalue weighted by Crippen LogP contribution is 2.42. The van der Waals surface area contributed by atoms with Crippen molar-refractivity contribution >= 4 is 0 Å². The summed E-state index contributed by atoms with van der Waals surface area (Å²) in [5, 5.41) is 0. The van der Waals surface area contributed by atoms with Gasteiger partial charge in [-0.3, -0.25) is 0 Å². The summed E-state index contributed by atoms with van der Waals surface area (Å²) in [4.78, 5) is 0. The highest BCUT2D eigenvalue weighted by molar-refractivity contribution is 4.91. The van der Waals surface area contributed by atoms with E-state index in [-0.39, 0.29) is 0 Å². The van der Waals surface area contributed by atoms with E-state index in [1.165, 1.54) is 51.4 Å². The van der Waals surface area contributed by atoms with Gasteiger partial charge in [-0.05, 0) is 125 Å². The van der Waals surface area contributed by atoms with Crippen LogP contribution in [0.15, 0.2) is 25.3 Å². The number of halogens is 2. The molecule has 34 heavy (non-hydrogen) atoms. The van der Waals surface area contributed by atoms with Gasteiger partial charge in [0.25, 0.3) is 0 Å². The molecule has 4 heteroatoms. The fraction of sp³-hybridized carbons (Fsp3) is 0.867. The highest BCUT2D eigenvalue weighted by Gasteiger charge is 2.42. The predicted octanol–water partition coefficient (Wildman–Crippen LogP) is 8.02. The Morgan fingerprint density at radius 1 is 0.529 bits per heavy atom. The molecule has 0 spiro atoms. The van der Waals surface area contributed by atoms with Crippen LogP contribution in [0.5, 0.6) is 0 Å². The number of ether oxygens (including phenoxy) is 2. The van der Waals surface area contributed by atoms with Gasteiger partial charge in [0, 0.05) is 13.2 Å². The molecule has 4 unspecified atom stereocenters. The van der Waals surface area contributed by atoms with Gasteiger partial charge < -0.3 is 9.47 Å². The SMILES string of the molecule is C=CC1CCC(COC2CCC(OCC3CCC(C4CCC(C=C)CC4)CC3)C(F)C2F)CC1. The number of hydrogen-bond donors (Lipinski definition) is 0. The second kappa shape index (κ2) is 13.0. The average Bonchev–Trinajstić information content (AvgIpc) is 2.89. The number of rotatable bonds is 9. The van der Waals surface area contributed by atoms with Gasteiger partial charge in [0.1, 0.15) is 0 Å². The van der Waals surface area contributed by atoms with E-state index in [0.717, 1.165) is 43.4 Å². The normalized spacial score (nSPS) is 43.8. The van der Waals surface area contributed by atoms with Crippen molar-refractivity contribution in [3.63, 3.8) is 0 Å². The van der Waals surface area contributed by atoms with Crippen molar-refractivity contribution in [1.29, 1.82) is 0 Å². The lowest BCUT2D eigenvalue weighted by Crippen LogP contribution is -2.47. The molecule has 0 amide bonds. The summed E-state index contributed by atoms with van der Waals surface area (Å²) in [5.41, 5.74) is 0. The first-order chi connectivity index (χ1) is 16.6. The molecule has 0 heterocycles. The zero-order chi connectivity index (χ0) is 23.9. The molecule has 4 rings (SSSR count). The second-order valence-electron chi connectivity index (χ2n) is 11.9. The maximum absolute atomic E-state index is 14.9. The van der Waals surface area contributed by atoms with Gasteiger partial charge in [-0.1, -0.05) is 12.2 Å². The molecule has 2 nitrogen and oxygen atoms in total. The lowest BCUT2D eigenvalue weighted by molar-refractivity contribution is -0.129. The first kappa shape index (κ1) is 26.3. The van der Waals surface area contributed by atoms with Gasteiger partial charge in [0.2, 0.25) is 0 Å². The van der Waals surface area contributed by atoms with E-state index < -0.39 is 24.6 Å². The lowest BCUT2D eigenvalue weighted by atomic mass is 9.69. The third-order valence-electron chi connectivity index (χ3n) is 9.77. The van der Waals surface area contributed by atoms with Crippen molar-refractivity contribution < 1.29 is 18.3 Å². The molecular weight excluding hydrogens is 430 g/mol. The second-order valence-corrected chi connectivity index (χ2v) is 11.9. The van der Waals surface area contributed by atoms with Crippen LogP contribution >= 0.6 is 0 Å². The fourth-order valence-corrected chi connectivity index (χ4v) is 7.20. The summed E-state index contributed by atoms with van der Waals surface area (Å²) < 4.78 is 41.6. The van der Waals surface area contributed by atoms with Crippen LogP contribution in [0.2, 0.25) is 0 Å². The number of allylic oxidation sites excluding steroid dienone is 2. The van der Waals surface area contributed by atoms with Gasteiger partial charge in [-0.2, -0.15) is 0 Å². The molecular formula is C30H48F2O2. The molecule has 194 valence electrons. The van der Waals surface area contributed by atoms with Gasteiger partial charge in [0.15, 0.2) is 12.3 Å². The summed E-state index contributed by atoms with van der Waals surface area (Å²) in [5.74, 6) is 4.05. The zero-order valence-electron chi connectivity index (χ0n) is 21.2. The molecule has 4 aliphatic carbocycles. The van der Waals surface area contributed by atoms with Crippen molar-refractivity contribution in [2.24, 2.45) is 35.5 Å². The Morgan fingerprint density at radius 3 is 1.29 bits per heavy atom. The van der Waals surface area contributed by atoms with E-state index in [1.807, 2.05) is 6.08 Å². The molecule has 4 fully saturated rings. The largest absolute Gasteiger partial charge is 0.375 e. The molecule has 0 aromatic rings. The van der Waals surface area contributed by atoms with Crippen LogP contribution in [0.3, 0.4) is 0 Å². The van der Waals surface area contributed by atoms with Gasteiger partial charge in [0.05, 0.1) is 12.2 Å². The minimum absolute atomic E-state index is 0.475. The average molecular weight is 479 g/mol. The monoisotopic (exact) mass is 478 g/mol. The van der Waals surface area contributed by atoms with Gasteiger partial charge in [-0.25, -0.2) is 8.78 Å². The maximum atomic E-state index is 14.9. The highest BCUT2D eigenvalue weighted by atomic mass is 19.2. The molecule has 0 aromatic heterocycles. The smallest absolute Gasteiger partial charge is 0.160 e. The maximum Gasteiger partial charge on any atom is 0.160 e. The summed E-state index contributed by atoms with van der Waals surface area (Å²) in [7, 11) is 0. The topological polar surface area (TPSA) is 18.5 Å². The first-order valence-electron chi connectivity index (χ1n) is 14.3. The number of alkyl halides is 2. The fourth-order valence-electron chi connectivity index (χ4n) is 7.20. The van der Waals surface area contributed by atoms with Crippen LogP contribution in [0.1, 0.15) is 89.9 Å². The van der Waals surface area contributed by atoms with Crippen LogP contribution in [0.25, 0.3) is 0 Å². The third kappa shape index (κ3) is 6.93. The summed E-state index contributed by atoms with van der Waals surface area (Å²) >= 11 is 0. The molecule has 0 aromatic carbocycles. The van der Waals surface area contributed by atoms with Crippen LogP contribution in [-0.4, -0.2) is 37.8 Å². The zero-order valence-corrected chi connectivity index (χ0v) is 21.2. The van der Waals surface area contributed by atoms with E-state index in [9.17, 15) is 8.78 Å². The van der Waals surface area contributed by atoms with Gasteiger partial charge >= 0.3 is 0 Å². The van der Waals surface area contributed by atoms with Crippen molar-refractivity contribution in [1.82, 2.24) is 0 Å². The van der Waals surface area contributed by atoms with Crippen molar-refractivity contribution in [2.75, 3.05) is 13.2 Å². The molecule has 0 aliphatic heterocycles. The van der Waals surface area contributed by atoms with E-state index in [4.69, 9.17) is 9.47 Å².